The zero-order valence-electron chi connectivity index (χ0n) is 13.0. The van der Waals surface area contributed by atoms with Crippen molar-refractivity contribution in [2.45, 2.75) is 38.1 Å². The van der Waals surface area contributed by atoms with Gasteiger partial charge in [0.1, 0.15) is 5.82 Å². The van der Waals surface area contributed by atoms with E-state index in [-0.39, 0.29) is 4.90 Å². The third-order valence-corrected chi connectivity index (χ3v) is 4.93. The highest BCUT2D eigenvalue weighted by atomic mass is 32.2. The van der Waals surface area contributed by atoms with Gasteiger partial charge >= 0.3 is 0 Å². The Hall–Kier alpha value is -2.08. The van der Waals surface area contributed by atoms with E-state index in [1.165, 1.54) is 0 Å². The number of nitrogens with one attached hydrogen (secondary N) is 2. The number of hydrogen-bond acceptors (Lipinski definition) is 4. The van der Waals surface area contributed by atoms with E-state index < -0.39 is 10.0 Å². The van der Waals surface area contributed by atoms with Gasteiger partial charge < -0.3 is 5.32 Å². The molecule has 0 radical (unpaired) electrons. The molecule has 22 heavy (non-hydrogen) atoms. The van der Waals surface area contributed by atoms with Crippen molar-refractivity contribution in [2.24, 2.45) is 0 Å². The van der Waals surface area contributed by atoms with Crippen LogP contribution in [-0.2, 0) is 10.0 Å². The van der Waals surface area contributed by atoms with Gasteiger partial charge in [-0.15, -0.1) is 0 Å². The molecule has 0 aliphatic rings. The summed E-state index contributed by atoms with van der Waals surface area (Å²) in [4.78, 5) is 4.42. The van der Waals surface area contributed by atoms with E-state index in [1.54, 1.807) is 37.4 Å². The van der Waals surface area contributed by atoms with E-state index in [4.69, 9.17) is 0 Å². The van der Waals surface area contributed by atoms with Crippen LogP contribution >= 0.6 is 0 Å². The third-order valence-electron chi connectivity index (χ3n) is 3.41. The number of sulfonamides is 1. The van der Waals surface area contributed by atoms with Crippen LogP contribution in [0.3, 0.4) is 0 Å². The van der Waals surface area contributed by atoms with E-state index in [0.29, 0.717) is 17.4 Å². The number of nitrogens with zero attached hydrogens (tertiary/aromatic N) is 1. The fourth-order valence-electron chi connectivity index (χ4n) is 1.98. The largest absolute Gasteiger partial charge is 0.381 e. The first-order valence-electron chi connectivity index (χ1n) is 7.23. The molecular formula is C16H21N3O2S. The zero-order chi connectivity index (χ0) is 16.2. The van der Waals surface area contributed by atoms with Crippen molar-refractivity contribution < 1.29 is 8.42 Å². The lowest BCUT2D eigenvalue weighted by molar-refractivity contribution is 0.600. The first kappa shape index (κ1) is 16.3. The van der Waals surface area contributed by atoms with Gasteiger partial charge in [0.15, 0.2) is 0 Å². The molecule has 0 spiro atoms. The molecule has 6 heteroatoms. The van der Waals surface area contributed by atoms with Gasteiger partial charge in [0.2, 0.25) is 0 Å². The maximum absolute atomic E-state index is 12.4. The summed E-state index contributed by atoms with van der Waals surface area (Å²) in [5, 5.41) is 3.28. The van der Waals surface area contributed by atoms with Crippen molar-refractivity contribution in [1.82, 2.24) is 4.98 Å². The smallest absolute Gasteiger partial charge is 0.263 e. The van der Waals surface area contributed by atoms with Gasteiger partial charge in [0, 0.05) is 6.04 Å². The molecule has 0 amide bonds. The van der Waals surface area contributed by atoms with Gasteiger partial charge in [-0.1, -0.05) is 25.1 Å². The first-order chi connectivity index (χ1) is 10.4. The van der Waals surface area contributed by atoms with Crippen LogP contribution in [0.1, 0.15) is 25.8 Å². The lowest BCUT2D eigenvalue weighted by atomic mass is 10.2. The zero-order valence-corrected chi connectivity index (χ0v) is 13.8. The molecule has 2 aromatic rings. The van der Waals surface area contributed by atoms with Crippen molar-refractivity contribution in [3.8, 4) is 0 Å². The minimum absolute atomic E-state index is 0.263. The number of hydrogen-bond donors (Lipinski definition) is 2. The summed E-state index contributed by atoms with van der Waals surface area (Å²) < 4.78 is 27.2. The average molecular weight is 319 g/mol. The van der Waals surface area contributed by atoms with Crippen LogP contribution < -0.4 is 10.0 Å². The SMILES string of the molecule is CCC(C)Nc1ccc(NS(=O)(=O)c2ccccc2C)nc1. The number of rotatable bonds is 6. The average Bonchev–Trinajstić information content (AvgIpc) is 2.49. The Kier molecular flexibility index (Phi) is 5.03. The summed E-state index contributed by atoms with van der Waals surface area (Å²) in [5.41, 5.74) is 1.57. The highest BCUT2D eigenvalue weighted by molar-refractivity contribution is 7.92. The molecule has 0 fully saturated rings. The van der Waals surface area contributed by atoms with Crippen LogP contribution in [0, 0.1) is 6.92 Å². The molecular weight excluding hydrogens is 298 g/mol. The lowest BCUT2D eigenvalue weighted by Gasteiger charge is -2.13. The number of pyridine rings is 1. The molecule has 1 atom stereocenters. The Morgan fingerprint density at radius 1 is 1.18 bits per heavy atom. The van der Waals surface area contributed by atoms with E-state index in [2.05, 4.69) is 28.9 Å². The number of anilines is 2. The number of benzene rings is 1. The standard InChI is InChI=1S/C16H21N3O2S/c1-4-13(3)18-14-9-10-16(17-11-14)19-22(20,21)15-8-6-5-7-12(15)2/h5-11,13,18H,4H2,1-3H3,(H,17,19). The van der Waals surface area contributed by atoms with E-state index in [1.807, 2.05) is 12.1 Å². The van der Waals surface area contributed by atoms with Crippen LogP contribution in [0.2, 0.25) is 0 Å². The summed E-state index contributed by atoms with van der Waals surface area (Å²) >= 11 is 0. The minimum atomic E-state index is -3.62. The molecule has 118 valence electrons. The van der Waals surface area contributed by atoms with Crippen molar-refractivity contribution in [3.63, 3.8) is 0 Å². The van der Waals surface area contributed by atoms with Gasteiger partial charge in [-0.25, -0.2) is 13.4 Å². The summed E-state index contributed by atoms with van der Waals surface area (Å²) in [5.74, 6) is 0.304. The Labute approximate surface area is 131 Å². The Bertz CT molecular complexity index is 727. The van der Waals surface area contributed by atoms with Crippen LogP contribution in [-0.4, -0.2) is 19.4 Å². The summed E-state index contributed by atoms with van der Waals surface area (Å²) in [6, 6.07) is 10.7. The monoisotopic (exact) mass is 319 g/mol. The summed E-state index contributed by atoms with van der Waals surface area (Å²) in [6.45, 7) is 5.94. The summed E-state index contributed by atoms with van der Waals surface area (Å²) in [7, 11) is -3.62. The highest BCUT2D eigenvalue weighted by Crippen LogP contribution is 2.19. The topological polar surface area (TPSA) is 71.1 Å². The quantitative estimate of drug-likeness (QED) is 0.856. The molecule has 0 aliphatic heterocycles. The molecule has 0 aliphatic carbocycles. The van der Waals surface area contributed by atoms with Crippen molar-refractivity contribution >= 4 is 21.5 Å². The first-order valence-corrected chi connectivity index (χ1v) is 8.71. The number of aryl methyl sites for hydroxylation is 1. The van der Waals surface area contributed by atoms with Crippen molar-refractivity contribution in [3.05, 3.63) is 48.2 Å². The molecule has 1 aromatic heterocycles. The minimum Gasteiger partial charge on any atom is -0.381 e. The molecule has 0 saturated heterocycles. The molecule has 1 heterocycles. The molecule has 5 nitrogen and oxygen atoms in total. The third kappa shape index (κ3) is 3.98. The van der Waals surface area contributed by atoms with Crippen molar-refractivity contribution in [2.75, 3.05) is 10.0 Å². The maximum Gasteiger partial charge on any atom is 0.263 e. The van der Waals surface area contributed by atoms with Crippen LogP contribution in [0.15, 0.2) is 47.5 Å². The molecule has 2 rings (SSSR count). The van der Waals surface area contributed by atoms with E-state index >= 15 is 0 Å². The molecule has 1 aromatic carbocycles. The van der Waals surface area contributed by atoms with E-state index in [0.717, 1.165) is 12.1 Å². The van der Waals surface area contributed by atoms with Gasteiger partial charge in [0.25, 0.3) is 10.0 Å². The second kappa shape index (κ2) is 6.79. The van der Waals surface area contributed by atoms with Gasteiger partial charge in [-0.3, -0.25) is 4.72 Å². The predicted molar refractivity (Wildman–Crippen MR) is 89.6 cm³/mol. The van der Waals surface area contributed by atoms with Crippen molar-refractivity contribution in [1.29, 1.82) is 0 Å². The van der Waals surface area contributed by atoms with Gasteiger partial charge in [-0.05, 0) is 44.0 Å². The fourth-order valence-corrected chi connectivity index (χ4v) is 3.23. The van der Waals surface area contributed by atoms with Gasteiger partial charge in [0.05, 0.1) is 16.8 Å². The van der Waals surface area contributed by atoms with Crippen LogP contribution in [0.4, 0.5) is 11.5 Å². The number of aromatic nitrogens is 1. The second-order valence-corrected chi connectivity index (χ2v) is 6.91. The molecule has 2 N–H and O–H groups in total. The highest BCUT2D eigenvalue weighted by Gasteiger charge is 2.16. The maximum atomic E-state index is 12.4. The molecule has 1 unspecified atom stereocenters. The Balaban J connectivity index is 2.15. The second-order valence-electron chi connectivity index (χ2n) is 5.26. The molecule has 0 saturated carbocycles. The predicted octanol–water partition coefficient (Wildman–Crippen LogP) is 3.40. The fraction of sp³-hybridized carbons (Fsp3) is 0.312. The van der Waals surface area contributed by atoms with Crippen LogP contribution in [0.25, 0.3) is 0 Å². The lowest BCUT2D eigenvalue weighted by Crippen LogP contribution is -2.16. The summed E-state index contributed by atoms with van der Waals surface area (Å²) in [6.07, 6.45) is 2.63. The van der Waals surface area contributed by atoms with Gasteiger partial charge in [-0.2, -0.15) is 0 Å². The van der Waals surface area contributed by atoms with Crippen LogP contribution in [0.5, 0.6) is 0 Å². The van der Waals surface area contributed by atoms with E-state index in [9.17, 15) is 8.42 Å². The Morgan fingerprint density at radius 3 is 2.50 bits per heavy atom. The normalized spacial score (nSPS) is 12.7. The Morgan fingerprint density at radius 2 is 1.91 bits per heavy atom. The molecule has 0 bridgehead atoms.